The molecular formula is C31H32N3O2+. The van der Waals surface area contributed by atoms with Gasteiger partial charge in [-0.3, -0.25) is 9.59 Å². The molecule has 1 aliphatic carbocycles. The second-order valence-corrected chi connectivity index (χ2v) is 9.74. The van der Waals surface area contributed by atoms with Crippen molar-refractivity contribution >= 4 is 11.7 Å². The smallest absolute Gasteiger partial charge is 0.253 e. The van der Waals surface area contributed by atoms with Gasteiger partial charge in [0.1, 0.15) is 23.9 Å². The molecule has 1 aromatic heterocycles. The molecule has 182 valence electrons. The van der Waals surface area contributed by atoms with Gasteiger partial charge >= 0.3 is 0 Å². The van der Waals surface area contributed by atoms with Crippen LogP contribution in [0.1, 0.15) is 52.6 Å². The molecule has 0 unspecified atom stereocenters. The summed E-state index contributed by atoms with van der Waals surface area (Å²) in [6, 6.07) is 29.6. The summed E-state index contributed by atoms with van der Waals surface area (Å²) in [5.41, 5.74) is 7.98. The lowest BCUT2D eigenvalue weighted by Gasteiger charge is -2.37. The molecule has 1 fully saturated rings. The van der Waals surface area contributed by atoms with Gasteiger partial charge in [-0.05, 0) is 36.3 Å². The van der Waals surface area contributed by atoms with E-state index in [-0.39, 0.29) is 23.7 Å². The molecular weight excluding hydrogens is 446 g/mol. The molecule has 2 N–H and O–H groups in total. The molecule has 0 saturated heterocycles. The maximum Gasteiger partial charge on any atom is 0.253 e. The third kappa shape index (κ3) is 4.15. The number of nitrogens with two attached hydrogens (primary N) is 1. The summed E-state index contributed by atoms with van der Waals surface area (Å²) in [5.74, 6) is 0.880. The number of imidazole rings is 1. The van der Waals surface area contributed by atoms with Crippen molar-refractivity contribution in [3.63, 3.8) is 0 Å². The van der Waals surface area contributed by atoms with Crippen LogP contribution in [0.3, 0.4) is 0 Å². The van der Waals surface area contributed by atoms with E-state index >= 15 is 0 Å². The fraction of sp³-hybridized carbons (Fsp3) is 0.258. The van der Waals surface area contributed by atoms with Gasteiger partial charge in [-0.25, -0.2) is 9.13 Å². The monoisotopic (exact) mass is 478 g/mol. The minimum Gasteiger partial charge on any atom is -0.369 e. The highest BCUT2D eigenvalue weighted by Gasteiger charge is 2.51. The number of ketones is 1. The second-order valence-electron chi connectivity index (χ2n) is 9.74. The summed E-state index contributed by atoms with van der Waals surface area (Å²) >= 11 is 0. The Balaban J connectivity index is 1.45. The molecule has 0 radical (unpaired) electrons. The lowest BCUT2D eigenvalue weighted by atomic mass is 9.64. The fourth-order valence-corrected chi connectivity index (χ4v) is 6.07. The number of Topliss-reactive ketones (excluding diaryl/α,β-unsaturated/α-hetero) is 1. The lowest BCUT2D eigenvalue weighted by molar-refractivity contribution is -0.689. The molecule has 36 heavy (non-hydrogen) atoms. The Morgan fingerprint density at radius 3 is 2.00 bits per heavy atom. The van der Waals surface area contributed by atoms with Crippen LogP contribution < -0.4 is 10.3 Å². The largest absolute Gasteiger partial charge is 0.369 e. The van der Waals surface area contributed by atoms with Crippen molar-refractivity contribution in [2.24, 2.45) is 11.7 Å². The van der Waals surface area contributed by atoms with E-state index in [1.54, 1.807) is 0 Å². The van der Waals surface area contributed by atoms with E-state index in [0.29, 0.717) is 6.54 Å². The maximum atomic E-state index is 13.4. The Bertz CT molecular complexity index is 1310. The summed E-state index contributed by atoms with van der Waals surface area (Å²) in [7, 11) is 0. The van der Waals surface area contributed by atoms with Crippen LogP contribution in [0.2, 0.25) is 0 Å². The molecule has 0 aliphatic heterocycles. The molecule has 5 nitrogen and oxygen atoms in total. The third-order valence-corrected chi connectivity index (χ3v) is 7.86. The number of primary amides is 1. The minimum atomic E-state index is -0.891. The fourth-order valence-electron chi connectivity index (χ4n) is 6.07. The molecule has 1 amide bonds. The van der Waals surface area contributed by atoms with Crippen LogP contribution in [-0.2, 0) is 16.8 Å². The molecule has 4 aromatic rings. The van der Waals surface area contributed by atoms with Crippen molar-refractivity contribution in [3.8, 4) is 0 Å². The number of aromatic nitrogens is 2. The second kappa shape index (κ2) is 9.94. The molecule has 1 heterocycles. The Labute approximate surface area is 212 Å². The number of benzene rings is 3. The van der Waals surface area contributed by atoms with Gasteiger partial charge < -0.3 is 5.73 Å². The average Bonchev–Trinajstić information content (AvgIpc) is 3.53. The Hall–Kier alpha value is -3.99. The van der Waals surface area contributed by atoms with Crippen molar-refractivity contribution in [1.29, 1.82) is 0 Å². The van der Waals surface area contributed by atoms with Crippen LogP contribution in [-0.4, -0.2) is 16.3 Å². The summed E-state index contributed by atoms with van der Waals surface area (Å²) in [4.78, 5) is 26.1. The summed E-state index contributed by atoms with van der Waals surface area (Å²) in [6.45, 7) is 2.36. The van der Waals surface area contributed by atoms with Crippen LogP contribution in [0.4, 0.5) is 0 Å². The molecule has 1 saturated carbocycles. The standard InChI is InChI=1S/C31H31N3O2/c1-23-33(22-29(35)24-11-5-2-6-12-24)19-20-34(23)28-18-17-27(21-28)31(30(32)36,25-13-7-3-8-14-25)26-15-9-4-10-16-26/h2-16,19-20,27-28H,17-18,21-22H2,1H3,(H-,32,36)/p+1/t27-,28+/m0/s1. The Kier molecular flexibility index (Phi) is 6.55. The molecule has 0 bridgehead atoms. The van der Waals surface area contributed by atoms with E-state index in [4.69, 9.17) is 5.73 Å². The first-order valence-corrected chi connectivity index (χ1v) is 12.6. The predicted molar refractivity (Wildman–Crippen MR) is 139 cm³/mol. The molecule has 1 aliphatic rings. The SMILES string of the molecule is Cc1n([C@@H]2CC[C@H](C(C(N)=O)(c3ccccc3)c3ccccc3)C2)cc[n+]1CC(=O)c1ccccc1. The Morgan fingerprint density at radius 2 is 1.44 bits per heavy atom. The van der Waals surface area contributed by atoms with Crippen LogP contribution in [0.15, 0.2) is 103 Å². The molecule has 5 heteroatoms. The topological polar surface area (TPSA) is 69.0 Å². The van der Waals surface area contributed by atoms with Crippen molar-refractivity contribution in [1.82, 2.24) is 4.57 Å². The number of carbonyl (C=O) groups excluding carboxylic acids is 2. The van der Waals surface area contributed by atoms with Gasteiger partial charge in [-0.2, -0.15) is 0 Å². The van der Waals surface area contributed by atoms with Crippen molar-refractivity contribution in [2.45, 2.75) is 44.2 Å². The zero-order valence-corrected chi connectivity index (χ0v) is 20.6. The average molecular weight is 479 g/mol. The zero-order chi connectivity index (χ0) is 25.1. The number of nitrogens with zero attached hydrogens (tertiary/aromatic N) is 2. The van der Waals surface area contributed by atoms with Gasteiger partial charge in [-0.15, -0.1) is 0 Å². The van der Waals surface area contributed by atoms with Gasteiger partial charge in [0.15, 0.2) is 6.54 Å². The molecule has 3 aromatic carbocycles. The number of carbonyl (C=O) groups is 2. The van der Waals surface area contributed by atoms with E-state index in [1.165, 1.54) is 0 Å². The quantitative estimate of drug-likeness (QED) is 0.293. The van der Waals surface area contributed by atoms with Crippen LogP contribution in [0.5, 0.6) is 0 Å². The van der Waals surface area contributed by atoms with Gasteiger partial charge in [0.05, 0.1) is 0 Å². The molecule has 0 spiro atoms. The maximum absolute atomic E-state index is 13.4. The summed E-state index contributed by atoms with van der Waals surface area (Å²) < 4.78 is 4.28. The summed E-state index contributed by atoms with van der Waals surface area (Å²) in [6.07, 6.45) is 6.71. The summed E-state index contributed by atoms with van der Waals surface area (Å²) in [5, 5.41) is 0. The van der Waals surface area contributed by atoms with E-state index < -0.39 is 5.41 Å². The number of amides is 1. The van der Waals surface area contributed by atoms with Crippen LogP contribution in [0.25, 0.3) is 0 Å². The van der Waals surface area contributed by atoms with Crippen LogP contribution in [0, 0.1) is 12.8 Å². The van der Waals surface area contributed by atoms with Gasteiger partial charge in [-0.1, -0.05) is 91.0 Å². The first-order chi connectivity index (χ1) is 17.5. The Morgan fingerprint density at radius 1 is 0.889 bits per heavy atom. The van der Waals surface area contributed by atoms with Gasteiger partial charge in [0, 0.05) is 12.5 Å². The van der Waals surface area contributed by atoms with Gasteiger partial charge in [0.2, 0.25) is 11.7 Å². The minimum absolute atomic E-state index is 0.0611. The first kappa shape index (κ1) is 23.7. The molecule has 2 atom stereocenters. The third-order valence-electron chi connectivity index (χ3n) is 7.86. The van der Waals surface area contributed by atoms with E-state index in [0.717, 1.165) is 41.8 Å². The normalized spacial score (nSPS) is 17.7. The van der Waals surface area contributed by atoms with Crippen molar-refractivity contribution in [3.05, 3.63) is 126 Å². The van der Waals surface area contributed by atoms with Gasteiger partial charge in [0.25, 0.3) is 5.82 Å². The van der Waals surface area contributed by atoms with E-state index in [1.807, 2.05) is 102 Å². The van der Waals surface area contributed by atoms with E-state index in [2.05, 4.69) is 17.7 Å². The predicted octanol–water partition coefficient (Wildman–Crippen LogP) is 4.78. The number of hydrogen-bond donors (Lipinski definition) is 1. The number of hydrogen-bond acceptors (Lipinski definition) is 2. The highest BCUT2D eigenvalue weighted by Crippen LogP contribution is 2.49. The zero-order valence-electron chi connectivity index (χ0n) is 20.6. The van der Waals surface area contributed by atoms with E-state index in [9.17, 15) is 9.59 Å². The lowest BCUT2D eigenvalue weighted by Crippen LogP contribution is -2.47. The van der Waals surface area contributed by atoms with Crippen molar-refractivity contribution < 1.29 is 14.2 Å². The highest BCUT2D eigenvalue weighted by molar-refractivity contribution is 5.95. The first-order valence-electron chi connectivity index (χ1n) is 12.6. The van der Waals surface area contributed by atoms with Crippen molar-refractivity contribution in [2.75, 3.05) is 0 Å². The molecule has 5 rings (SSSR count). The number of rotatable bonds is 8. The van der Waals surface area contributed by atoms with Crippen LogP contribution >= 0.6 is 0 Å². The highest BCUT2D eigenvalue weighted by atomic mass is 16.1.